The molecule has 0 saturated carbocycles. The lowest BCUT2D eigenvalue weighted by atomic mass is 10.1. The van der Waals surface area contributed by atoms with Crippen molar-refractivity contribution in [2.75, 3.05) is 5.73 Å². The van der Waals surface area contributed by atoms with E-state index in [0.29, 0.717) is 5.88 Å². The van der Waals surface area contributed by atoms with E-state index in [1.165, 1.54) is 5.39 Å². The first-order valence-electron chi connectivity index (χ1n) is 5.12. The van der Waals surface area contributed by atoms with Gasteiger partial charge in [-0.25, -0.2) is 0 Å². The van der Waals surface area contributed by atoms with Crippen LogP contribution >= 0.6 is 15.9 Å². The van der Waals surface area contributed by atoms with E-state index in [-0.39, 0.29) is 0 Å². The second-order valence-electron chi connectivity index (χ2n) is 3.92. The highest BCUT2D eigenvalue weighted by Crippen LogP contribution is 2.31. The molecule has 0 aliphatic carbocycles. The Morgan fingerprint density at radius 3 is 2.94 bits per heavy atom. The average Bonchev–Trinajstić information content (AvgIpc) is 2.84. The summed E-state index contributed by atoms with van der Waals surface area (Å²) in [5, 5.41) is 4.86. The third-order valence-corrected chi connectivity index (χ3v) is 3.48. The summed E-state index contributed by atoms with van der Waals surface area (Å²) < 4.78 is 8.02. The monoisotopic (exact) mass is 291 g/mol. The minimum Gasteiger partial charge on any atom is -0.367 e. The third kappa shape index (κ3) is 1.54. The number of anilines is 1. The number of aromatic nitrogens is 2. The SMILES string of the molecule is Cn1cc(Br)c2ccc(-c3cnoc3N)cc21. The molecule has 0 amide bonds. The maximum Gasteiger partial charge on any atom is 0.229 e. The Morgan fingerprint density at radius 2 is 2.24 bits per heavy atom. The molecule has 1 aromatic carbocycles. The highest BCUT2D eigenvalue weighted by Gasteiger charge is 2.10. The molecule has 0 fully saturated rings. The summed E-state index contributed by atoms with van der Waals surface area (Å²) in [5.41, 5.74) is 8.68. The van der Waals surface area contributed by atoms with Crippen molar-refractivity contribution in [2.24, 2.45) is 7.05 Å². The normalized spacial score (nSPS) is 11.2. The molecule has 0 aliphatic heterocycles. The van der Waals surface area contributed by atoms with Crippen LogP contribution in [0, 0.1) is 0 Å². The molecule has 3 rings (SSSR count). The van der Waals surface area contributed by atoms with Gasteiger partial charge in [0.25, 0.3) is 0 Å². The molecule has 0 bridgehead atoms. The highest BCUT2D eigenvalue weighted by atomic mass is 79.9. The fourth-order valence-electron chi connectivity index (χ4n) is 1.97. The number of hydrogen-bond acceptors (Lipinski definition) is 3. The number of benzene rings is 1. The molecule has 0 saturated heterocycles. The standard InChI is InChI=1S/C12H10BrN3O/c1-16-6-10(13)8-3-2-7(4-11(8)16)9-5-15-17-12(9)14/h2-6H,14H2,1H3. The van der Waals surface area contributed by atoms with Gasteiger partial charge in [0.1, 0.15) is 0 Å². The van der Waals surface area contributed by atoms with Gasteiger partial charge in [-0.1, -0.05) is 17.3 Å². The van der Waals surface area contributed by atoms with Gasteiger partial charge < -0.3 is 14.8 Å². The fourth-order valence-corrected chi connectivity index (χ4v) is 2.61. The zero-order chi connectivity index (χ0) is 12.0. The number of rotatable bonds is 1. The molecule has 0 spiro atoms. The molecule has 17 heavy (non-hydrogen) atoms. The van der Waals surface area contributed by atoms with Crippen molar-refractivity contribution in [3.05, 3.63) is 35.1 Å². The number of nitrogens with zero attached hydrogens (tertiary/aromatic N) is 2. The van der Waals surface area contributed by atoms with Crippen LogP contribution in [0.3, 0.4) is 0 Å². The zero-order valence-electron chi connectivity index (χ0n) is 9.14. The Kier molecular flexibility index (Phi) is 2.22. The minimum atomic E-state index is 0.345. The lowest BCUT2D eigenvalue weighted by Gasteiger charge is -2.01. The summed E-state index contributed by atoms with van der Waals surface area (Å²) in [6.07, 6.45) is 3.67. The topological polar surface area (TPSA) is 57.0 Å². The van der Waals surface area contributed by atoms with Gasteiger partial charge in [0.05, 0.1) is 11.8 Å². The predicted octanol–water partition coefficient (Wildman–Crippen LogP) is 3.18. The first-order valence-corrected chi connectivity index (χ1v) is 5.91. The fraction of sp³-hybridized carbons (Fsp3) is 0.0833. The molecule has 2 N–H and O–H groups in total. The average molecular weight is 292 g/mol. The number of nitrogens with two attached hydrogens (primary N) is 1. The lowest BCUT2D eigenvalue weighted by molar-refractivity contribution is 0.436. The molecule has 0 unspecified atom stereocenters. The number of fused-ring (bicyclic) bond motifs is 1. The van der Waals surface area contributed by atoms with Crippen molar-refractivity contribution in [3.8, 4) is 11.1 Å². The van der Waals surface area contributed by atoms with Crippen LogP contribution in [0.4, 0.5) is 5.88 Å². The van der Waals surface area contributed by atoms with E-state index in [2.05, 4.69) is 37.8 Å². The van der Waals surface area contributed by atoms with Gasteiger partial charge in [0, 0.05) is 28.6 Å². The number of halogens is 1. The highest BCUT2D eigenvalue weighted by molar-refractivity contribution is 9.10. The number of aryl methyl sites for hydroxylation is 1. The second kappa shape index (κ2) is 3.63. The van der Waals surface area contributed by atoms with Crippen LogP contribution < -0.4 is 5.73 Å². The van der Waals surface area contributed by atoms with Crippen LogP contribution in [-0.2, 0) is 7.05 Å². The van der Waals surface area contributed by atoms with E-state index >= 15 is 0 Å². The van der Waals surface area contributed by atoms with Gasteiger partial charge in [-0.15, -0.1) is 0 Å². The summed E-state index contributed by atoms with van der Waals surface area (Å²) in [5.74, 6) is 0.345. The van der Waals surface area contributed by atoms with Crippen molar-refractivity contribution in [1.29, 1.82) is 0 Å². The van der Waals surface area contributed by atoms with Crippen LogP contribution in [0.2, 0.25) is 0 Å². The van der Waals surface area contributed by atoms with E-state index in [4.69, 9.17) is 10.3 Å². The molecular weight excluding hydrogens is 282 g/mol. The van der Waals surface area contributed by atoms with Crippen molar-refractivity contribution in [3.63, 3.8) is 0 Å². The quantitative estimate of drug-likeness (QED) is 0.749. The Bertz CT molecular complexity index is 699. The molecule has 3 aromatic rings. The first-order chi connectivity index (χ1) is 8.16. The third-order valence-electron chi connectivity index (χ3n) is 2.85. The van der Waals surface area contributed by atoms with Crippen LogP contribution in [0.15, 0.2) is 39.6 Å². The molecule has 0 radical (unpaired) electrons. The Morgan fingerprint density at radius 1 is 1.41 bits per heavy atom. The first kappa shape index (κ1) is 10.4. The molecular formula is C12H10BrN3O. The van der Waals surface area contributed by atoms with Crippen LogP contribution in [-0.4, -0.2) is 9.72 Å². The molecule has 2 heterocycles. The lowest BCUT2D eigenvalue weighted by Crippen LogP contribution is -1.87. The smallest absolute Gasteiger partial charge is 0.229 e. The summed E-state index contributed by atoms with van der Waals surface area (Å²) in [7, 11) is 2.01. The summed E-state index contributed by atoms with van der Waals surface area (Å²) in [4.78, 5) is 0. The Balaban J connectivity index is 2.27. The van der Waals surface area contributed by atoms with E-state index in [1.807, 2.05) is 19.3 Å². The summed E-state index contributed by atoms with van der Waals surface area (Å²) in [6, 6.07) is 6.14. The van der Waals surface area contributed by atoms with E-state index in [1.54, 1.807) is 6.20 Å². The van der Waals surface area contributed by atoms with Crippen molar-refractivity contribution in [2.45, 2.75) is 0 Å². The van der Waals surface area contributed by atoms with Gasteiger partial charge in [-0.05, 0) is 27.6 Å². The maximum absolute atomic E-state index is 5.71. The Hall–Kier alpha value is -1.75. The summed E-state index contributed by atoms with van der Waals surface area (Å²) in [6.45, 7) is 0. The van der Waals surface area contributed by atoms with Gasteiger partial charge in [-0.2, -0.15) is 0 Å². The van der Waals surface area contributed by atoms with Crippen LogP contribution in [0.1, 0.15) is 0 Å². The van der Waals surface area contributed by atoms with Gasteiger partial charge in [0.2, 0.25) is 5.88 Å². The molecule has 5 heteroatoms. The number of nitrogen functional groups attached to an aromatic ring is 1. The minimum absolute atomic E-state index is 0.345. The van der Waals surface area contributed by atoms with Gasteiger partial charge >= 0.3 is 0 Å². The largest absolute Gasteiger partial charge is 0.367 e. The zero-order valence-corrected chi connectivity index (χ0v) is 10.7. The van der Waals surface area contributed by atoms with Gasteiger partial charge in [0.15, 0.2) is 0 Å². The summed E-state index contributed by atoms with van der Waals surface area (Å²) >= 11 is 3.53. The number of hydrogen-bond donors (Lipinski definition) is 1. The second-order valence-corrected chi connectivity index (χ2v) is 4.78. The van der Waals surface area contributed by atoms with Crippen molar-refractivity contribution < 1.29 is 4.52 Å². The predicted molar refractivity (Wildman–Crippen MR) is 70.5 cm³/mol. The molecule has 86 valence electrons. The molecule has 4 nitrogen and oxygen atoms in total. The van der Waals surface area contributed by atoms with E-state index in [9.17, 15) is 0 Å². The molecule has 0 atom stereocenters. The van der Waals surface area contributed by atoms with E-state index < -0.39 is 0 Å². The molecule has 0 aliphatic rings. The van der Waals surface area contributed by atoms with Crippen molar-refractivity contribution in [1.82, 2.24) is 9.72 Å². The Labute approximate surface area is 106 Å². The van der Waals surface area contributed by atoms with Crippen LogP contribution in [0.25, 0.3) is 22.0 Å². The molecule has 2 aromatic heterocycles. The van der Waals surface area contributed by atoms with E-state index in [0.717, 1.165) is 21.1 Å². The van der Waals surface area contributed by atoms with Crippen molar-refractivity contribution >= 4 is 32.7 Å². The van der Waals surface area contributed by atoms with Gasteiger partial charge in [-0.3, -0.25) is 0 Å². The maximum atomic E-state index is 5.71. The van der Waals surface area contributed by atoms with Crippen LogP contribution in [0.5, 0.6) is 0 Å².